The average molecular weight is 391 g/mol. The second-order valence-electron chi connectivity index (χ2n) is 6.36. The SMILES string of the molecule is O=C(CCCc1c[nH]c2ccccc12)NCc1cccnc1OCC(F)(F)F. The van der Waals surface area contributed by atoms with Crippen LogP contribution in [0.25, 0.3) is 10.9 Å². The number of carbonyl (C=O) groups excluding carboxylic acids is 1. The predicted octanol–water partition coefficient (Wildman–Crippen LogP) is 4.14. The molecule has 0 radical (unpaired) electrons. The highest BCUT2D eigenvalue weighted by Gasteiger charge is 2.29. The predicted molar refractivity (Wildman–Crippen MR) is 98.9 cm³/mol. The third-order valence-electron chi connectivity index (χ3n) is 4.22. The Bertz CT molecular complexity index is 938. The zero-order valence-corrected chi connectivity index (χ0v) is 15.1. The van der Waals surface area contributed by atoms with Gasteiger partial charge in [-0.3, -0.25) is 4.79 Å². The number of pyridine rings is 1. The third kappa shape index (κ3) is 5.48. The standard InChI is InChI=1S/C20H20F3N3O2/c21-20(22,23)13-28-19-15(6-4-10-24-19)12-26-18(27)9-3-5-14-11-25-17-8-2-1-7-16(14)17/h1-2,4,6-8,10-11,25H,3,5,9,12-13H2,(H,26,27). The Morgan fingerprint density at radius 3 is 2.79 bits per heavy atom. The van der Waals surface area contributed by atoms with Gasteiger partial charge in [0.05, 0.1) is 0 Å². The quantitative estimate of drug-likeness (QED) is 0.606. The highest BCUT2D eigenvalue weighted by Crippen LogP contribution is 2.21. The Hall–Kier alpha value is -3.03. The molecule has 0 saturated carbocycles. The van der Waals surface area contributed by atoms with Gasteiger partial charge in [-0.25, -0.2) is 4.98 Å². The van der Waals surface area contributed by atoms with Crippen LogP contribution in [-0.2, 0) is 17.8 Å². The number of halogens is 3. The lowest BCUT2D eigenvalue weighted by Gasteiger charge is -2.12. The molecule has 0 aliphatic rings. The second kappa shape index (κ2) is 8.77. The van der Waals surface area contributed by atoms with Gasteiger partial charge in [0, 0.05) is 41.8 Å². The van der Waals surface area contributed by atoms with E-state index in [-0.39, 0.29) is 18.3 Å². The minimum atomic E-state index is -4.44. The molecule has 1 aromatic carbocycles. The normalized spacial score (nSPS) is 11.5. The first-order valence-corrected chi connectivity index (χ1v) is 8.87. The lowest BCUT2D eigenvalue weighted by Crippen LogP contribution is -2.24. The van der Waals surface area contributed by atoms with E-state index in [9.17, 15) is 18.0 Å². The van der Waals surface area contributed by atoms with E-state index in [0.29, 0.717) is 18.4 Å². The first-order valence-electron chi connectivity index (χ1n) is 8.87. The molecule has 28 heavy (non-hydrogen) atoms. The monoisotopic (exact) mass is 391 g/mol. The number of benzene rings is 1. The molecule has 0 atom stereocenters. The summed E-state index contributed by atoms with van der Waals surface area (Å²) in [5.41, 5.74) is 2.61. The number of alkyl halides is 3. The second-order valence-corrected chi connectivity index (χ2v) is 6.36. The van der Waals surface area contributed by atoms with Crippen molar-refractivity contribution in [3.8, 4) is 5.88 Å². The van der Waals surface area contributed by atoms with Crippen molar-refractivity contribution in [3.05, 3.63) is 59.9 Å². The number of rotatable bonds is 8. The van der Waals surface area contributed by atoms with E-state index < -0.39 is 12.8 Å². The van der Waals surface area contributed by atoms with Crippen LogP contribution < -0.4 is 10.1 Å². The van der Waals surface area contributed by atoms with Crippen LogP contribution in [0.2, 0.25) is 0 Å². The summed E-state index contributed by atoms with van der Waals surface area (Å²) >= 11 is 0. The number of nitrogens with one attached hydrogen (secondary N) is 2. The van der Waals surface area contributed by atoms with Gasteiger partial charge in [0.1, 0.15) is 0 Å². The first kappa shape index (κ1) is 19.7. The largest absolute Gasteiger partial charge is 0.468 e. The summed E-state index contributed by atoms with van der Waals surface area (Å²) in [6.45, 7) is -1.36. The summed E-state index contributed by atoms with van der Waals surface area (Å²) in [6.07, 6.45) is 0.585. The van der Waals surface area contributed by atoms with Crippen molar-refractivity contribution in [1.29, 1.82) is 0 Å². The highest BCUT2D eigenvalue weighted by molar-refractivity contribution is 5.83. The van der Waals surface area contributed by atoms with E-state index in [1.165, 1.54) is 6.20 Å². The van der Waals surface area contributed by atoms with E-state index in [2.05, 4.69) is 15.3 Å². The molecule has 0 aliphatic heterocycles. The minimum Gasteiger partial charge on any atom is -0.468 e. The number of carbonyl (C=O) groups is 1. The Labute approximate surface area is 159 Å². The number of aryl methyl sites for hydroxylation is 1. The number of aromatic nitrogens is 2. The number of hydrogen-bond donors (Lipinski definition) is 2. The summed E-state index contributed by atoms with van der Waals surface area (Å²) in [6, 6.07) is 11.1. The summed E-state index contributed by atoms with van der Waals surface area (Å²) in [4.78, 5) is 19.1. The summed E-state index contributed by atoms with van der Waals surface area (Å²) in [5.74, 6) is -0.301. The van der Waals surface area contributed by atoms with Gasteiger partial charge in [-0.05, 0) is 30.5 Å². The molecular weight excluding hydrogens is 371 g/mol. The van der Waals surface area contributed by atoms with Crippen LogP contribution in [0.4, 0.5) is 13.2 Å². The Kier molecular flexibility index (Phi) is 6.18. The summed E-state index contributed by atoms with van der Waals surface area (Å²) in [5, 5.41) is 3.85. The molecule has 0 aliphatic carbocycles. The van der Waals surface area contributed by atoms with Crippen molar-refractivity contribution < 1.29 is 22.7 Å². The van der Waals surface area contributed by atoms with E-state index in [4.69, 9.17) is 4.74 Å². The molecule has 0 unspecified atom stereocenters. The van der Waals surface area contributed by atoms with Crippen LogP contribution >= 0.6 is 0 Å². The molecule has 2 aromatic heterocycles. The molecule has 1 amide bonds. The van der Waals surface area contributed by atoms with Crippen LogP contribution in [0, 0.1) is 0 Å². The number of ether oxygens (including phenoxy) is 1. The van der Waals surface area contributed by atoms with E-state index in [1.54, 1.807) is 12.1 Å². The van der Waals surface area contributed by atoms with Crippen molar-refractivity contribution >= 4 is 16.8 Å². The molecule has 3 aromatic rings. The fourth-order valence-corrected chi connectivity index (χ4v) is 2.90. The topological polar surface area (TPSA) is 67.0 Å². The van der Waals surface area contributed by atoms with Crippen molar-refractivity contribution in [2.24, 2.45) is 0 Å². The maximum atomic E-state index is 12.3. The zero-order valence-electron chi connectivity index (χ0n) is 15.1. The highest BCUT2D eigenvalue weighted by atomic mass is 19.4. The molecule has 0 bridgehead atoms. The number of H-pyrrole nitrogens is 1. The molecule has 8 heteroatoms. The van der Waals surface area contributed by atoms with Crippen molar-refractivity contribution in [2.75, 3.05) is 6.61 Å². The van der Waals surface area contributed by atoms with Gasteiger partial charge in [0.2, 0.25) is 11.8 Å². The third-order valence-corrected chi connectivity index (χ3v) is 4.22. The van der Waals surface area contributed by atoms with Crippen molar-refractivity contribution in [2.45, 2.75) is 32.0 Å². The van der Waals surface area contributed by atoms with Crippen LogP contribution in [0.5, 0.6) is 5.88 Å². The summed E-state index contributed by atoms with van der Waals surface area (Å²) in [7, 11) is 0. The lowest BCUT2D eigenvalue weighted by molar-refractivity contribution is -0.154. The average Bonchev–Trinajstić information content (AvgIpc) is 3.08. The van der Waals surface area contributed by atoms with Gasteiger partial charge < -0.3 is 15.0 Å². The Morgan fingerprint density at radius 2 is 1.96 bits per heavy atom. The Morgan fingerprint density at radius 1 is 1.14 bits per heavy atom. The molecule has 2 heterocycles. The van der Waals surface area contributed by atoms with Crippen LogP contribution in [0.1, 0.15) is 24.0 Å². The molecule has 5 nitrogen and oxygen atoms in total. The number of amides is 1. The molecule has 0 saturated heterocycles. The molecule has 3 rings (SSSR count). The molecule has 2 N–H and O–H groups in total. The van der Waals surface area contributed by atoms with Crippen LogP contribution in [0.3, 0.4) is 0 Å². The minimum absolute atomic E-state index is 0.0624. The number of hydrogen-bond acceptors (Lipinski definition) is 3. The molecule has 0 fully saturated rings. The van der Waals surface area contributed by atoms with Gasteiger partial charge in [-0.1, -0.05) is 24.3 Å². The molecule has 0 spiro atoms. The number of fused-ring (bicyclic) bond motifs is 1. The maximum absolute atomic E-state index is 12.3. The van der Waals surface area contributed by atoms with Gasteiger partial charge in [0.25, 0.3) is 0 Å². The Balaban J connectivity index is 1.47. The fourth-order valence-electron chi connectivity index (χ4n) is 2.90. The number of para-hydroxylation sites is 1. The van der Waals surface area contributed by atoms with E-state index >= 15 is 0 Å². The molecule has 148 valence electrons. The van der Waals surface area contributed by atoms with Gasteiger partial charge in [-0.2, -0.15) is 13.2 Å². The van der Waals surface area contributed by atoms with Gasteiger partial charge in [-0.15, -0.1) is 0 Å². The fraction of sp³-hybridized carbons (Fsp3) is 0.300. The number of nitrogens with zero attached hydrogens (tertiary/aromatic N) is 1. The smallest absolute Gasteiger partial charge is 0.422 e. The lowest BCUT2D eigenvalue weighted by atomic mass is 10.1. The van der Waals surface area contributed by atoms with E-state index in [1.807, 2.05) is 30.5 Å². The first-order chi connectivity index (χ1) is 13.4. The van der Waals surface area contributed by atoms with Gasteiger partial charge in [0.15, 0.2) is 6.61 Å². The van der Waals surface area contributed by atoms with Crippen LogP contribution in [-0.4, -0.2) is 28.7 Å². The van der Waals surface area contributed by atoms with Gasteiger partial charge >= 0.3 is 6.18 Å². The van der Waals surface area contributed by atoms with Crippen molar-refractivity contribution in [3.63, 3.8) is 0 Å². The molecular formula is C20H20F3N3O2. The zero-order chi connectivity index (χ0) is 20.0. The number of aromatic amines is 1. The maximum Gasteiger partial charge on any atom is 0.422 e. The van der Waals surface area contributed by atoms with Crippen molar-refractivity contribution in [1.82, 2.24) is 15.3 Å². The van der Waals surface area contributed by atoms with Crippen LogP contribution in [0.15, 0.2) is 48.8 Å². The van der Waals surface area contributed by atoms with E-state index in [0.717, 1.165) is 22.9 Å². The summed E-state index contributed by atoms with van der Waals surface area (Å²) < 4.78 is 41.7.